The van der Waals surface area contributed by atoms with Crippen LogP contribution in [0.3, 0.4) is 0 Å². The van der Waals surface area contributed by atoms with Crippen molar-refractivity contribution in [1.82, 2.24) is 19.5 Å². The average molecular weight is 388 g/mol. The molecule has 3 heterocycles. The fourth-order valence-corrected chi connectivity index (χ4v) is 4.03. The second-order valence-corrected chi connectivity index (χ2v) is 7.31. The van der Waals surface area contributed by atoms with Gasteiger partial charge in [0.15, 0.2) is 5.65 Å². The van der Waals surface area contributed by atoms with Gasteiger partial charge in [-0.2, -0.15) is 13.2 Å². The van der Waals surface area contributed by atoms with Crippen molar-refractivity contribution in [3.8, 4) is 11.4 Å². The molecule has 4 nitrogen and oxygen atoms in total. The van der Waals surface area contributed by atoms with Crippen LogP contribution in [0.1, 0.15) is 12.5 Å². The van der Waals surface area contributed by atoms with Gasteiger partial charge in [0.1, 0.15) is 11.3 Å². The lowest BCUT2D eigenvalue weighted by Gasteiger charge is -2.11. The van der Waals surface area contributed by atoms with Crippen LogP contribution in [0.25, 0.3) is 33.3 Å². The highest BCUT2D eigenvalue weighted by Crippen LogP contribution is 2.38. The van der Waals surface area contributed by atoms with Crippen LogP contribution in [-0.2, 0) is 13.2 Å². The molecule has 27 heavy (non-hydrogen) atoms. The van der Waals surface area contributed by atoms with Crippen molar-refractivity contribution < 1.29 is 13.2 Å². The fraction of sp³-hybridized carbons (Fsp3) is 0.211. The minimum Gasteiger partial charge on any atom is -0.312 e. The number of hydrogen-bond acceptors (Lipinski definition) is 4. The molecule has 8 heteroatoms. The van der Waals surface area contributed by atoms with E-state index >= 15 is 0 Å². The number of nitrogens with zero attached hydrogens (tertiary/aromatic N) is 4. The molecule has 4 rings (SSSR count). The van der Waals surface area contributed by atoms with Crippen LogP contribution < -0.4 is 0 Å². The molecule has 0 amide bonds. The third-order valence-corrected chi connectivity index (χ3v) is 5.35. The maximum Gasteiger partial charge on any atom is 0.417 e. The molecule has 3 aromatic heterocycles. The number of aryl methyl sites for hydroxylation is 1. The van der Waals surface area contributed by atoms with Gasteiger partial charge in [0, 0.05) is 41.5 Å². The molecular formula is C19H15F3N4S. The molecule has 1 aromatic carbocycles. The average Bonchev–Trinajstić information content (AvgIpc) is 2.97. The number of alkyl halides is 3. The summed E-state index contributed by atoms with van der Waals surface area (Å²) >= 11 is 1.67. The van der Waals surface area contributed by atoms with Gasteiger partial charge >= 0.3 is 6.18 Å². The molecule has 0 unspecified atom stereocenters. The van der Waals surface area contributed by atoms with E-state index in [9.17, 15) is 13.2 Å². The lowest BCUT2D eigenvalue weighted by atomic mass is 10.1. The Labute approximate surface area is 157 Å². The normalized spacial score (nSPS) is 12.2. The first kappa shape index (κ1) is 17.8. The van der Waals surface area contributed by atoms with Crippen LogP contribution in [0.5, 0.6) is 0 Å². The third kappa shape index (κ3) is 3.03. The van der Waals surface area contributed by atoms with Gasteiger partial charge in [-0.1, -0.05) is 13.0 Å². The molecular weight excluding hydrogens is 373 g/mol. The molecule has 0 fully saturated rings. The van der Waals surface area contributed by atoms with E-state index in [0.29, 0.717) is 11.5 Å². The third-order valence-electron chi connectivity index (χ3n) is 4.34. The minimum atomic E-state index is -4.45. The Morgan fingerprint density at radius 3 is 2.70 bits per heavy atom. The lowest BCUT2D eigenvalue weighted by Crippen LogP contribution is -2.05. The van der Waals surface area contributed by atoms with Gasteiger partial charge in [-0.3, -0.25) is 4.98 Å². The summed E-state index contributed by atoms with van der Waals surface area (Å²) in [5.41, 5.74) is 0.715. The van der Waals surface area contributed by atoms with Crippen molar-refractivity contribution in [2.45, 2.75) is 18.0 Å². The highest BCUT2D eigenvalue weighted by molar-refractivity contribution is 7.99. The Morgan fingerprint density at radius 1 is 1.15 bits per heavy atom. The maximum absolute atomic E-state index is 13.0. The van der Waals surface area contributed by atoms with Crippen LogP contribution in [0.4, 0.5) is 13.2 Å². The summed E-state index contributed by atoms with van der Waals surface area (Å²) in [6, 6.07) is 6.88. The van der Waals surface area contributed by atoms with Gasteiger partial charge in [-0.05, 0) is 29.3 Å². The standard InChI is InChI=1S/C19H15F3N4S/c1-3-27-16-13-6-7-23-9-11(13)4-5-14(16)17-25-15-8-12(19(20,21)22)10-24-18(15)26(17)2/h4-10H,3H2,1-2H3. The van der Waals surface area contributed by atoms with Crippen LogP contribution in [0.15, 0.2) is 47.8 Å². The highest BCUT2D eigenvalue weighted by atomic mass is 32.2. The van der Waals surface area contributed by atoms with Crippen LogP contribution in [0, 0.1) is 0 Å². The topological polar surface area (TPSA) is 43.6 Å². The number of thioether (sulfide) groups is 1. The number of hydrogen-bond donors (Lipinski definition) is 0. The molecule has 0 spiro atoms. The van der Waals surface area contributed by atoms with Crippen molar-refractivity contribution in [1.29, 1.82) is 0 Å². The van der Waals surface area contributed by atoms with Gasteiger partial charge in [-0.25, -0.2) is 9.97 Å². The number of halogens is 3. The molecule has 0 saturated heterocycles. The van der Waals surface area contributed by atoms with E-state index < -0.39 is 11.7 Å². The molecule has 0 aliphatic rings. The first-order chi connectivity index (χ1) is 12.9. The van der Waals surface area contributed by atoms with Crippen molar-refractivity contribution >= 4 is 33.7 Å². The summed E-state index contributed by atoms with van der Waals surface area (Å²) in [7, 11) is 1.77. The predicted octanol–water partition coefficient (Wildman–Crippen LogP) is 5.31. The van der Waals surface area contributed by atoms with Crippen LogP contribution >= 0.6 is 11.8 Å². The Balaban J connectivity index is 1.96. The predicted molar refractivity (Wildman–Crippen MR) is 101 cm³/mol. The van der Waals surface area contributed by atoms with Crippen LogP contribution in [0.2, 0.25) is 0 Å². The molecule has 138 valence electrons. The zero-order valence-corrected chi connectivity index (χ0v) is 15.4. The van der Waals surface area contributed by atoms with Crippen LogP contribution in [-0.4, -0.2) is 25.3 Å². The number of imidazole rings is 1. The molecule has 4 aromatic rings. The van der Waals surface area contributed by atoms with Crippen molar-refractivity contribution in [3.63, 3.8) is 0 Å². The van der Waals surface area contributed by atoms with Crippen molar-refractivity contribution in [2.24, 2.45) is 7.05 Å². The molecule has 0 aliphatic carbocycles. The van der Waals surface area contributed by atoms with E-state index in [1.54, 1.807) is 35.8 Å². The largest absolute Gasteiger partial charge is 0.417 e. The zero-order valence-electron chi connectivity index (χ0n) is 14.6. The Bertz CT molecular complexity index is 1150. The number of aromatic nitrogens is 4. The first-order valence-corrected chi connectivity index (χ1v) is 9.28. The Kier molecular flexibility index (Phi) is 4.30. The minimum absolute atomic E-state index is 0.226. The smallest absolute Gasteiger partial charge is 0.312 e. The van der Waals surface area contributed by atoms with Gasteiger partial charge in [0.2, 0.25) is 0 Å². The summed E-state index contributed by atoms with van der Waals surface area (Å²) in [6.45, 7) is 2.06. The summed E-state index contributed by atoms with van der Waals surface area (Å²) < 4.78 is 40.7. The lowest BCUT2D eigenvalue weighted by molar-refractivity contribution is -0.137. The summed E-state index contributed by atoms with van der Waals surface area (Å²) in [5.74, 6) is 1.45. The Morgan fingerprint density at radius 2 is 1.96 bits per heavy atom. The van der Waals surface area contributed by atoms with Gasteiger partial charge < -0.3 is 4.57 Å². The molecule has 0 radical (unpaired) electrons. The van der Waals surface area contributed by atoms with Gasteiger partial charge in [-0.15, -0.1) is 11.8 Å². The molecule has 0 atom stereocenters. The molecule has 0 bridgehead atoms. The first-order valence-electron chi connectivity index (χ1n) is 8.29. The molecule has 0 N–H and O–H groups in total. The SMILES string of the molecule is CCSc1c(-c2nc3cc(C(F)(F)F)cnc3n2C)ccc2cnccc12. The number of benzene rings is 1. The van der Waals surface area contributed by atoms with Crippen molar-refractivity contribution in [2.75, 3.05) is 5.75 Å². The molecule has 0 aliphatic heterocycles. The zero-order chi connectivity index (χ0) is 19.2. The number of rotatable bonds is 3. The second-order valence-electron chi connectivity index (χ2n) is 6.03. The quantitative estimate of drug-likeness (QED) is 0.446. The van der Waals surface area contributed by atoms with E-state index in [1.807, 2.05) is 18.2 Å². The van der Waals surface area contributed by atoms with E-state index in [2.05, 4.69) is 21.9 Å². The monoisotopic (exact) mass is 388 g/mol. The number of fused-ring (bicyclic) bond motifs is 2. The summed E-state index contributed by atoms with van der Waals surface area (Å²) in [4.78, 5) is 13.7. The number of pyridine rings is 2. The Hall–Kier alpha value is -2.61. The second kappa shape index (κ2) is 6.53. The van der Waals surface area contributed by atoms with E-state index in [0.717, 1.165) is 39.2 Å². The van der Waals surface area contributed by atoms with E-state index in [-0.39, 0.29) is 5.52 Å². The fourth-order valence-electron chi connectivity index (χ4n) is 3.09. The van der Waals surface area contributed by atoms with Gasteiger partial charge in [0.25, 0.3) is 0 Å². The molecule has 0 saturated carbocycles. The van der Waals surface area contributed by atoms with Crippen molar-refractivity contribution in [3.05, 3.63) is 48.4 Å². The highest BCUT2D eigenvalue weighted by Gasteiger charge is 2.32. The summed E-state index contributed by atoms with van der Waals surface area (Å²) in [6.07, 6.45) is -0.0670. The maximum atomic E-state index is 13.0. The summed E-state index contributed by atoms with van der Waals surface area (Å²) in [5, 5.41) is 2.05. The van der Waals surface area contributed by atoms with Gasteiger partial charge in [0.05, 0.1) is 5.56 Å². The van der Waals surface area contributed by atoms with E-state index in [4.69, 9.17) is 0 Å². The van der Waals surface area contributed by atoms with E-state index in [1.165, 1.54) is 0 Å².